The Kier molecular flexibility index (Phi) is 5.72. The van der Waals surface area contributed by atoms with Crippen LogP contribution in [0.5, 0.6) is 0 Å². The van der Waals surface area contributed by atoms with Gasteiger partial charge in [-0.25, -0.2) is 13.1 Å². The predicted octanol–water partition coefficient (Wildman–Crippen LogP) is 2.10. The molecule has 0 saturated carbocycles. The van der Waals surface area contributed by atoms with Crippen LogP contribution in [0.4, 0.5) is 0 Å². The van der Waals surface area contributed by atoms with Crippen LogP contribution < -0.4 is 4.72 Å². The van der Waals surface area contributed by atoms with Crippen molar-refractivity contribution in [1.82, 2.24) is 14.6 Å². The fourth-order valence-corrected chi connectivity index (χ4v) is 4.35. The summed E-state index contributed by atoms with van der Waals surface area (Å²) < 4.78 is 26.7. The lowest BCUT2D eigenvalue weighted by Crippen LogP contribution is -2.45. The molecule has 0 aromatic carbocycles. The second-order valence-electron chi connectivity index (χ2n) is 6.10. The molecule has 6 heteroatoms. The zero-order valence-electron chi connectivity index (χ0n) is 13.3. The van der Waals surface area contributed by atoms with E-state index in [1.54, 1.807) is 6.92 Å². The van der Waals surface area contributed by atoms with E-state index in [0.717, 1.165) is 25.9 Å². The lowest BCUT2D eigenvalue weighted by Gasteiger charge is -2.36. The molecule has 0 amide bonds. The Morgan fingerprint density at radius 3 is 2.55 bits per heavy atom. The van der Waals surface area contributed by atoms with E-state index in [1.807, 2.05) is 24.5 Å². The van der Waals surface area contributed by atoms with Gasteiger partial charge in [0.05, 0.1) is 5.75 Å². The van der Waals surface area contributed by atoms with Gasteiger partial charge in [-0.05, 0) is 44.4 Å². The molecule has 1 aliphatic rings. The Labute approximate surface area is 133 Å². The van der Waals surface area contributed by atoms with E-state index in [1.165, 1.54) is 5.56 Å². The maximum atomic E-state index is 12.0. The van der Waals surface area contributed by atoms with E-state index in [2.05, 4.69) is 28.1 Å². The molecule has 0 bridgehead atoms. The van der Waals surface area contributed by atoms with Crippen molar-refractivity contribution in [1.29, 1.82) is 0 Å². The van der Waals surface area contributed by atoms with Crippen LogP contribution in [0.1, 0.15) is 38.3 Å². The molecule has 1 saturated heterocycles. The third-order valence-electron chi connectivity index (χ3n) is 4.05. The molecule has 1 atom stereocenters. The highest BCUT2D eigenvalue weighted by Gasteiger charge is 2.26. The lowest BCUT2D eigenvalue weighted by atomic mass is 10.0. The van der Waals surface area contributed by atoms with E-state index in [4.69, 9.17) is 0 Å². The predicted molar refractivity (Wildman–Crippen MR) is 89.0 cm³/mol. The number of hydrogen-bond donors (Lipinski definition) is 1. The van der Waals surface area contributed by atoms with Crippen LogP contribution in [0, 0.1) is 0 Å². The molecule has 2 rings (SSSR count). The lowest BCUT2D eigenvalue weighted by molar-refractivity contribution is 0.159. The highest BCUT2D eigenvalue weighted by Crippen LogP contribution is 2.23. The van der Waals surface area contributed by atoms with Crippen molar-refractivity contribution in [3.8, 4) is 0 Å². The quantitative estimate of drug-likeness (QED) is 0.815. The Hall–Kier alpha value is -1.24. The van der Waals surface area contributed by atoms with Crippen LogP contribution >= 0.6 is 0 Å². The summed E-state index contributed by atoms with van der Waals surface area (Å²) >= 11 is 0. The van der Waals surface area contributed by atoms with Crippen LogP contribution in [-0.2, 0) is 10.0 Å². The Balaban J connectivity index is 1.87. The number of hydrogen-bond acceptors (Lipinski definition) is 4. The van der Waals surface area contributed by atoms with Gasteiger partial charge in [0.2, 0.25) is 10.0 Å². The summed E-state index contributed by atoms with van der Waals surface area (Å²) in [5, 5.41) is 0. The van der Waals surface area contributed by atoms with Crippen LogP contribution in [0.25, 0.3) is 0 Å². The maximum Gasteiger partial charge on any atom is 0.215 e. The molecule has 122 valence electrons. The van der Waals surface area contributed by atoms with Crippen molar-refractivity contribution in [2.45, 2.75) is 38.8 Å². The highest BCUT2D eigenvalue weighted by molar-refractivity contribution is 7.89. The Morgan fingerprint density at radius 1 is 1.41 bits per heavy atom. The molecule has 1 aliphatic heterocycles. The standard InChI is InChI=1S/C16H25N3O2S/c1-13(2)12-22(20,21)18-16-6-10-19(11-7-16)14(3)15-4-8-17-9-5-15/h4-5,8-9,14,16,18H,1,6-7,10-12H2,2-3H3/t14-/m1/s1. The second kappa shape index (κ2) is 7.35. The minimum atomic E-state index is -3.25. The van der Waals surface area contributed by atoms with Crippen LogP contribution in [-0.4, -0.2) is 43.2 Å². The topological polar surface area (TPSA) is 62.3 Å². The third kappa shape index (κ3) is 4.90. The minimum Gasteiger partial charge on any atom is -0.296 e. The largest absolute Gasteiger partial charge is 0.296 e. The molecular weight excluding hydrogens is 298 g/mol. The van der Waals surface area contributed by atoms with Crippen LogP contribution in [0.2, 0.25) is 0 Å². The summed E-state index contributed by atoms with van der Waals surface area (Å²) in [7, 11) is -3.25. The van der Waals surface area contributed by atoms with Gasteiger partial charge in [-0.15, -0.1) is 0 Å². The van der Waals surface area contributed by atoms with Crippen molar-refractivity contribution in [3.63, 3.8) is 0 Å². The first-order valence-electron chi connectivity index (χ1n) is 7.66. The van der Waals surface area contributed by atoms with Gasteiger partial charge in [0, 0.05) is 37.6 Å². The molecule has 1 aromatic heterocycles. The maximum absolute atomic E-state index is 12.0. The van der Waals surface area contributed by atoms with Gasteiger partial charge in [-0.1, -0.05) is 12.2 Å². The first-order chi connectivity index (χ1) is 10.4. The van der Waals surface area contributed by atoms with Gasteiger partial charge < -0.3 is 0 Å². The molecule has 1 fully saturated rings. The zero-order chi connectivity index (χ0) is 16.2. The Morgan fingerprint density at radius 2 is 2.00 bits per heavy atom. The third-order valence-corrected chi connectivity index (χ3v) is 5.61. The van der Waals surface area contributed by atoms with Crippen LogP contribution in [0.15, 0.2) is 36.7 Å². The molecule has 1 N–H and O–H groups in total. The number of pyridine rings is 1. The molecule has 2 heterocycles. The van der Waals surface area contributed by atoms with Gasteiger partial charge >= 0.3 is 0 Å². The summed E-state index contributed by atoms with van der Waals surface area (Å²) in [4.78, 5) is 6.43. The van der Waals surface area contributed by atoms with Gasteiger partial charge in [0.1, 0.15) is 0 Å². The number of aromatic nitrogens is 1. The SMILES string of the molecule is C=C(C)CS(=O)(=O)NC1CCN([C@H](C)c2ccncc2)CC1. The van der Waals surface area contributed by atoms with E-state index in [0.29, 0.717) is 11.6 Å². The van der Waals surface area contributed by atoms with Crippen molar-refractivity contribution < 1.29 is 8.42 Å². The molecular formula is C16H25N3O2S. The highest BCUT2D eigenvalue weighted by atomic mass is 32.2. The van der Waals surface area contributed by atoms with E-state index in [9.17, 15) is 8.42 Å². The molecule has 1 aromatic rings. The molecule has 22 heavy (non-hydrogen) atoms. The van der Waals surface area contributed by atoms with Crippen LogP contribution in [0.3, 0.4) is 0 Å². The van der Waals surface area contributed by atoms with Crippen molar-refractivity contribution in [3.05, 3.63) is 42.2 Å². The summed E-state index contributed by atoms with van der Waals surface area (Å²) in [6.45, 7) is 9.37. The summed E-state index contributed by atoms with van der Waals surface area (Å²) in [6.07, 6.45) is 5.30. The second-order valence-corrected chi connectivity index (χ2v) is 7.85. The number of nitrogens with one attached hydrogen (secondary N) is 1. The monoisotopic (exact) mass is 323 g/mol. The summed E-state index contributed by atoms with van der Waals surface area (Å²) in [6, 6.07) is 4.43. The van der Waals surface area contributed by atoms with E-state index in [-0.39, 0.29) is 11.8 Å². The first-order valence-corrected chi connectivity index (χ1v) is 9.31. The summed E-state index contributed by atoms with van der Waals surface area (Å²) in [5.74, 6) is 0.0145. The zero-order valence-corrected chi connectivity index (χ0v) is 14.1. The van der Waals surface area contributed by atoms with E-state index >= 15 is 0 Å². The summed E-state index contributed by atoms with van der Waals surface area (Å²) in [5.41, 5.74) is 1.91. The minimum absolute atomic E-state index is 0.0145. The van der Waals surface area contributed by atoms with Gasteiger partial charge in [0.15, 0.2) is 0 Å². The van der Waals surface area contributed by atoms with Crippen molar-refractivity contribution in [2.24, 2.45) is 0 Å². The fraction of sp³-hybridized carbons (Fsp3) is 0.562. The van der Waals surface area contributed by atoms with Crippen molar-refractivity contribution in [2.75, 3.05) is 18.8 Å². The average molecular weight is 323 g/mol. The number of nitrogens with zero attached hydrogens (tertiary/aromatic N) is 2. The number of sulfonamides is 1. The number of piperidine rings is 1. The van der Waals surface area contributed by atoms with Gasteiger partial charge in [0.25, 0.3) is 0 Å². The molecule has 0 unspecified atom stereocenters. The van der Waals surface area contributed by atoms with Gasteiger partial charge in [-0.2, -0.15) is 0 Å². The normalized spacial score (nSPS) is 19.0. The number of likely N-dealkylation sites (tertiary alicyclic amines) is 1. The molecule has 5 nitrogen and oxygen atoms in total. The Bertz CT molecular complexity index is 593. The van der Waals surface area contributed by atoms with Gasteiger partial charge in [-0.3, -0.25) is 9.88 Å². The first kappa shape index (κ1) is 17.1. The smallest absolute Gasteiger partial charge is 0.215 e. The molecule has 0 aliphatic carbocycles. The molecule has 0 radical (unpaired) electrons. The number of rotatable bonds is 6. The average Bonchev–Trinajstić information content (AvgIpc) is 2.46. The van der Waals surface area contributed by atoms with E-state index < -0.39 is 10.0 Å². The molecule has 0 spiro atoms. The fourth-order valence-electron chi connectivity index (χ4n) is 2.88. The van der Waals surface area contributed by atoms with Crippen molar-refractivity contribution >= 4 is 10.0 Å².